The maximum atomic E-state index is 14.0. The van der Waals surface area contributed by atoms with E-state index in [1.807, 2.05) is 0 Å². The molecule has 1 saturated heterocycles. The summed E-state index contributed by atoms with van der Waals surface area (Å²) in [5.74, 6) is -2.34. The molecule has 1 amide bonds. The van der Waals surface area contributed by atoms with Crippen LogP contribution in [-0.2, 0) is 0 Å². The molecule has 0 saturated carbocycles. The van der Waals surface area contributed by atoms with Crippen LogP contribution in [0.4, 0.5) is 4.39 Å². The number of amides is 1. The molecule has 0 spiro atoms. The van der Waals surface area contributed by atoms with E-state index in [9.17, 15) is 14.0 Å². The number of hydrogen-bond acceptors (Lipinski definition) is 2. The quantitative estimate of drug-likeness (QED) is 0.911. The van der Waals surface area contributed by atoms with Crippen LogP contribution < -0.4 is 0 Å². The first-order valence-electron chi connectivity index (χ1n) is 7.12. The Labute approximate surface area is 123 Å². The molecular formula is C16H20FNO3. The number of benzene rings is 1. The maximum absolute atomic E-state index is 14.0. The highest BCUT2D eigenvalue weighted by atomic mass is 19.1. The van der Waals surface area contributed by atoms with Crippen molar-refractivity contribution in [1.29, 1.82) is 0 Å². The van der Waals surface area contributed by atoms with Gasteiger partial charge in [0.05, 0.1) is 11.1 Å². The number of nitrogens with zero attached hydrogens (tertiary/aromatic N) is 1. The van der Waals surface area contributed by atoms with Crippen molar-refractivity contribution in [1.82, 2.24) is 4.90 Å². The number of carboxylic acid groups (broad SMARTS) is 1. The molecule has 21 heavy (non-hydrogen) atoms. The minimum Gasteiger partial charge on any atom is -0.478 e. The Balaban J connectivity index is 2.18. The fourth-order valence-corrected chi connectivity index (χ4v) is 2.62. The second kappa shape index (κ2) is 5.84. The zero-order valence-electron chi connectivity index (χ0n) is 12.4. The van der Waals surface area contributed by atoms with Crippen LogP contribution in [0.3, 0.4) is 0 Å². The summed E-state index contributed by atoms with van der Waals surface area (Å²) in [4.78, 5) is 24.9. The normalized spacial score (nSPS) is 18.1. The molecule has 5 heteroatoms. The maximum Gasteiger partial charge on any atom is 0.335 e. The standard InChI is InChI=1S/C16H20FNO3/c1-16(2)6-3-8-18(9-7-16)14(19)12-5-4-11(15(20)21)10-13(12)17/h4-5,10H,3,6-9H2,1-2H3,(H,20,21). The number of halogens is 1. The summed E-state index contributed by atoms with van der Waals surface area (Å²) in [5.41, 5.74) is -0.0125. The molecule has 1 aromatic carbocycles. The molecular weight excluding hydrogens is 273 g/mol. The third-order valence-electron chi connectivity index (χ3n) is 4.07. The van der Waals surface area contributed by atoms with E-state index in [1.165, 1.54) is 12.1 Å². The number of carboxylic acids is 1. The van der Waals surface area contributed by atoms with Crippen molar-refractivity contribution in [3.63, 3.8) is 0 Å². The van der Waals surface area contributed by atoms with Gasteiger partial charge in [-0.2, -0.15) is 0 Å². The van der Waals surface area contributed by atoms with E-state index in [0.717, 1.165) is 25.3 Å². The number of likely N-dealkylation sites (tertiary alicyclic amines) is 1. The van der Waals surface area contributed by atoms with E-state index < -0.39 is 11.8 Å². The summed E-state index contributed by atoms with van der Waals surface area (Å²) in [5, 5.41) is 8.82. The molecule has 1 fully saturated rings. The van der Waals surface area contributed by atoms with E-state index in [1.54, 1.807) is 4.90 Å². The molecule has 1 heterocycles. The van der Waals surface area contributed by atoms with Gasteiger partial charge < -0.3 is 10.0 Å². The van der Waals surface area contributed by atoms with Crippen molar-refractivity contribution in [2.45, 2.75) is 33.1 Å². The Kier molecular flexibility index (Phi) is 4.30. The van der Waals surface area contributed by atoms with Crippen LogP contribution in [0.2, 0.25) is 0 Å². The van der Waals surface area contributed by atoms with Gasteiger partial charge in [-0.3, -0.25) is 4.79 Å². The lowest BCUT2D eigenvalue weighted by Crippen LogP contribution is -2.33. The van der Waals surface area contributed by atoms with Crippen molar-refractivity contribution in [3.05, 3.63) is 35.1 Å². The highest BCUT2D eigenvalue weighted by molar-refractivity contribution is 5.96. The fraction of sp³-hybridized carbons (Fsp3) is 0.500. The molecule has 114 valence electrons. The number of carbonyl (C=O) groups excluding carboxylic acids is 1. The molecule has 1 N–H and O–H groups in total. The highest BCUT2D eigenvalue weighted by Gasteiger charge is 2.27. The molecule has 0 bridgehead atoms. The van der Waals surface area contributed by atoms with E-state index in [2.05, 4.69) is 13.8 Å². The van der Waals surface area contributed by atoms with Crippen LogP contribution >= 0.6 is 0 Å². The first-order valence-corrected chi connectivity index (χ1v) is 7.12. The lowest BCUT2D eigenvalue weighted by molar-refractivity contribution is 0.0692. The largest absolute Gasteiger partial charge is 0.478 e. The Bertz CT molecular complexity index is 569. The van der Waals surface area contributed by atoms with Crippen LogP contribution in [0, 0.1) is 11.2 Å². The molecule has 1 aliphatic rings. The van der Waals surface area contributed by atoms with Gasteiger partial charge in [0.15, 0.2) is 0 Å². The van der Waals surface area contributed by atoms with Gasteiger partial charge >= 0.3 is 5.97 Å². The molecule has 1 aromatic rings. The van der Waals surface area contributed by atoms with Gasteiger partial charge in [0.25, 0.3) is 5.91 Å². The van der Waals surface area contributed by atoms with Crippen LogP contribution in [0.5, 0.6) is 0 Å². The fourth-order valence-electron chi connectivity index (χ4n) is 2.62. The first-order chi connectivity index (χ1) is 9.80. The Morgan fingerprint density at radius 1 is 1.24 bits per heavy atom. The van der Waals surface area contributed by atoms with Gasteiger partial charge in [0.2, 0.25) is 0 Å². The number of carbonyl (C=O) groups is 2. The molecule has 0 unspecified atom stereocenters. The summed E-state index contributed by atoms with van der Waals surface area (Å²) < 4.78 is 14.0. The molecule has 2 rings (SSSR count). The summed E-state index contributed by atoms with van der Waals surface area (Å²) in [6.07, 6.45) is 2.82. The van der Waals surface area contributed by atoms with E-state index in [-0.39, 0.29) is 22.4 Å². The Hall–Kier alpha value is -1.91. The summed E-state index contributed by atoms with van der Waals surface area (Å²) in [6.45, 7) is 5.56. The van der Waals surface area contributed by atoms with Gasteiger partial charge in [-0.05, 0) is 42.9 Å². The van der Waals surface area contributed by atoms with Gasteiger partial charge in [0.1, 0.15) is 5.82 Å². The number of rotatable bonds is 2. The summed E-state index contributed by atoms with van der Waals surface area (Å²) >= 11 is 0. The van der Waals surface area contributed by atoms with Crippen LogP contribution in [-0.4, -0.2) is 35.0 Å². The van der Waals surface area contributed by atoms with Crippen LogP contribution in [0.1, 0.15) is 53.8 Å². The van der Waals surface area contributed by atoms with Crippen molar-refractivity contribution in [2.75, 3.05) is 13.1 Å². The van der Waals surface area contributed by atoms with Gasteiger partial charge in [0, 0.05) is 13.1 Å². The molecule has 0 radical (unpaired) electrons. The van der Waals surface area contributed by atoms with Crippen molar-refractivity contribution in [3.8, 4) is 0 Å². The molecule has 0 atom stereocenters. The van der Waals surface area contributed by atoms with E-state index in [0.29, 0.717) is 13.1 Å². The lowest BCUT2D eigenvalue weighted by Gasteiger charge is -2.23. The topological polar surface area (TPSA) is 57.6 Å². The third-order valence-corrected chi connectivity index (χ3v) is 4.07. The third kappa shape index (κ3) is 3.60. The highest BCUT2D eigenvalue weighted by Crippen LogP contribution is 2.30. The van der Waals surface area contributed by atoms with Crippen LogP contribution in [0.25, 0.3) is 0 Å². The van der Waals surface area contributed by atoms with E-state index >= 15 is 0 Å². The van der Waals surface area contributed by atoms with Crippen molar-refractivity contribution in [2.24, 2.45) is 5.41 Å². The van der Waals surface area contributed by atoms with Gasteiger partial charge in [-0.25, -0.2) is 9.18 Å². The predicted octanol–water partition coefficient (Wildman–Crippen LogP) is 3.18. The molecule has 0 aromatic heterocycles. The van der Waals surface area contributed by atoms with E-state index in [4.69, 9.17) is 5.11 Å². The molecule has 0 aliphatic carbocycles. The van der Waals surface area contributed by atoms with Crippen LogP contribution in [0.15, 0.2) is 18.2 Å². The van der Waals surface area contributed by atoms with Gasteiger partial charge in [-0.15, -0.1) is 0 Å². The zero-order chi connectivity index (χ0) is 15.6. The van der Waals surface area contributed by atoms with Crippen molar-refractivity contribution < 1.29 is 19.1 Å². The van der Waals surface area contributed by atoms with Crippen molar-refractivity contribution >= 4 is 11.9 Å². The second-order valence-corrected chi connectivity index (χ2v) is 6.31. The smallest absolute Gasteiger partial charge is 0.335 e. The monoisotopic (exact) mass is 293 g/mol. The predicted molar refractivity (Wildman–Crippen MR) is 76.9 cm³/mol. The molecule has 1 aliphatic heterocycles. The minimum atomic E-state index is -1.20. The second-order valence-electron chi connectivity index (χ2n) is 6.31. The van der Waals surface area contributed by atoms with Gasteiger partial charge in [-0.1, -0.05) is 13.8 Å². The lowest BCUT2D eigenvalue weighted by atomic mass is 9.85. The minimum absolute atomic E-state index is 0.0558. The summed E-state index contributed by atoms with van der Waals surface area (Å²) in [7, 11) is 0. The number of aromatic carboxylic acids is 1. The summed E-state index contributed by atoms with van der Waals surface area (Å²) in [6, 6.07) is 3.43. The molecule has 4 nitrogen and oxygen atoms in total. The SMILES string of the molecule is CC1(C)CCCN(C(=O)c2ccc(C(=O)O)cc2F)CC1. The Morgan fingerprint density at radius 3 is 2.57 bits per heavy atom. The first kappa shape index (κ1) is 15.5. The Morgan fingerprint density at radius 2 is 1.95 bits per heavy atom. The average Bonchev–Trinajstić information content (AvgIpc) is 2.58. The average molecular weight is 293 g/mol. The number of hydrogen-bond donors (Lipinski definition) is 1. The zero-order valence-corrected chi connectivity index (χ0v) is 12.4.